The Hall–Kier alpha value is -2.06. The highest BCUT2D eigenvalue weighted by Gasteiger charge is 2.22. The van der Waals surface area contributed by atoms with E-state index in [0.29, 0.717) is 17.2 Å². The molecular weight excluding hydrogens is 292 g/mol. The summed E-state index contributed by atoms with van der Waals surface area (Å²) in [5.41, 5.74) is 0.556. The standard InChI is InChI=1S/C13H16N4O3S/c1-3-20-12-9(5-4-6-10(12)17(18)19)13-16-15-11(21-13)7-8-14-2/h4-6,14H,3,7-8H2,1-2H3. The molecule has 21 heavy (non-hydrogen) atoms. The van der Waals surface area contributed by atoms with Crippen LogP contribution in [0.1, 0.15) is 11.9 Å². The van der Waals surface area contributed by atoms with Gasteiger partial charge in [0.15, 0.2) is 5.01 Å². The molecule has 0 saturated carbocycles. The van der Waals surface area contributed by atoms with Gasteiger partial charge < -0.3 is 10.1 Å². The van der Waals surface area contributed by atoms with Crippen LogP contribution in [0.15, 0.2) is 18.2 Å². The fourth-order valence-electron chi connectivity index (χ4n) is 1.83. The molecule has 0 unspecified atom stereocenters. The maximum Gasteiger partial charge on any atom is 0.311 e. The molecule has 7 nitrogen and oxygen atoms in total. The number of nitro groups is 1. The Morgan fingerprint density at radius 3 is 2.90 bits per heavy atom. The van der Waals surface area contributed by atoms with E-state index in [2.05, 4.69) is 15.5 Å². The van der Waals surface area contributed by atoms with Crippen LogP contribution in [0.5, 0.6) is 5.75 Å². The molecule has 1 aromatic heterocycles. The summed E-state index contributed by atoms with van der Waals surface area (Å²) in [4.78, 5) is 10.7. The van der Waals surface area contributed by atoms with E-state index < -0.39 is 4.92 Å². The molecule has 0 aliphatic carbocycles. The van der Waals surface area contributed by atoms with Crippen molar-refractivity contribution in [2.75, 3.05) is 20.2 Å². The van der Waals surface area contributed by atoms with Gasteiger partial charge in [0.1, 0.15) is 5.01 Å². The number of para-hydroxylation sites is 1. The van der Waals surface area contributed by atoms with Gasteiger partial charge in [-0.05, 0) is 20.0 Å². The van der Waals surface area contributed by atoms with Crippen molar-refractivity contribution < 1.29 is 9.66 Å². The van der Waals surface area contributed by atoms with Crippen molar-refractivity contribution in [1.29, 1.82) is 0 Å². The Morgan fingerprint density at radius 1 is 1.43 bits per heavy atom. The second-order valence-electron chi connectivity index (χ2n) is 4.20. The zero-order valence-electron chi connectivity index (χ0n) is 11.8. The smallest absolute Gasteiger partial charge is 0.311 e. The Kier molecular flexibility index (Phi) is 5.18. The van der Waals surface area contributed by atoms with Crippen LogP contribution >= 0.6 is 11.3 Å². The molecule has 0 radical (unpaired) electrons. The SMILES string of the molecule is CCOc1c(-c2nnc(CCNC)s2)cccc1[N+](=O)[O-]. The summed E-state index contributed by atoms with van der Waals surface area (Å²) in [6.45, 7) is 2.95. The van der Waals surface area contributed by atoms with Gasteiger partial charge in [-0.1, -0.05) is 17.4 Å². The van der Waals surface area contributed by atoms with Gasteiger partial charge in [0, 0.05) is 19.0 Å². The average molecular weight is 308 g/mol. The second kappa shape index (κ2) is 7.09. The van der Waals surface area contributed by atoms with Crippen molar-refractivity contribution in [1.82, 2.24) is 15.5 Å². The van der Waals surface area contributed by atoms with Gasteiger partial charge in [-0.25, -0.2) is 0 Å². The van der Waals surface area contributed by atoms with E-state index in [9.17, 15) is 10.1 Å². The molecule has 0 atom stereocenters. The summed E-state index contributed by atoms with van der Waals surface area (Å²) < 4.78 is 5.46. The highest BCUT2D eigenvalue weighted by atomic mass is 32.1. The number of ether oxygens (including phenoxy) is 1. The number of hydrogen-bond donors (Lipinski definition) is 1. The molecule has 0 amide bonds. The molecule has 8 heteroatoms. The number of nitrogens with one attached hydrogen (secondary N) is 1. The minimum Gasteiger partial charge on any atom is -0.487 e. The molecular formula is C13H16N4O3S. The Morgan fingerprint density at radius 2 is 2.24 bits per heavy atom. The molecule has 112 valence electrons. The summed E-state index contributed by atoms with van der Waals surface area (Å²) in [6.07, 6.45) is 0.771. The maximum atomic E-state index is 11.1. The summed E-state index contributed by atoms with van der Waals surface area (Å²) in [5.74, 6) is 0.251. The van der Waals surface area contributed by atoms with Crippen LogP contribution < -0.4 is 10.1 Å². The molecule has 0 fully saturated rings. The van der Waals surface area contributed by atoms with Crippen LogP contribution in [-0.4, -0.2) is 35.3 Å². The second-order valence-corrected chi connectivity index (χ2v) is 5.26. The lowest BCUT2D eigenvalue weighted by atomic mass is 10.2. The largest absolute Gasteiger partial charge is 0.487 e. The van der Waals surface area contributed by atoms with Gasteiger partial charge in [-0.15, -0.1) is 10.2 Å². The first kappa shape index (κ1) is 15.3. The van der Waals surface area contributed by atoms with E-state index in [0.717, 1.165) is 18.0 Å². The zero-order valence-corrected chi connectivity index (χ0v) is 12.6. The predicted octanol–water partition coefficient (Wildman–Crippen LogP) is 2.27. The van der Waals surface area contributed by atoms with Gasteiger partial charge in [0.05, 0.1) is 17.1 Å². The summed E-state index contributed by atoms with van der Waals surface area (Å²) in [7, 11) is 1.87. The lowest BCUT2D eigenvalue weighted by Gasteiger charge is -2.07. The van der Waals surface area contributed by atoms with Gasteiger partial charge >= 0.3 is 5.69 Å². The molecule has 1 aromatic carbocycles. The van der Waals surface area contributed by atoms with Crippen molar-refractivity contribution >= 4 is 17.0 Å². The number of likely N-dealkylation sites (N-methyl/N-ethyl adjacent to an activating group) is 1. The molecule has 0 spiro atoms. The van der Waals surface area contributed by atoms with Crippen molar-refractivity contribution in [2.24, 2.45) is 0 Å². The monoisotopic (exact) mass is 308 g/mol. The minimum absolute atomic E-state index is 0.0543. The van der Waals surface area contributed by atoms with Crippen molar-refractivity contribution in [3.63, 3.8) is 0 Å². The molecule has 0 saturated heterocycles. The number of aromatic nitrogens is 2. The quantitative estimate of drug-likeness (QED) is 0.623. The van der Waals surface area contributed by atoms with Crippen LogP contribution in [0, 0.1) is 10.1 Å². The van der Waals surface area contributed by atoms with Crippen molar-refractivity contribution in [3.8, 4) is 16.3 Å². The fourth-order valence-corrected chi connectivity index (χ4v) is 2.69. The minimum atomic E-state index is -0.447. The van der Waals surface area contributed by atoms with Crippen molar-refractivity contribution in [3.05, 3.63) is 33.3 Å². The topological polar surface area (TPSA) is 90.2 Å². The van der Waals surface area contributed by atoms with Crippen LogP contribution in [0.4, 0.5) is 5.69 Å². The Bertz CT molecular complexity index is 630. The molecule has 0 aliphatic rings. The number of hydrogen-bond acceptors (Lipinski definition) is 7. The van der Waals surface area contributed by atoms with Gasteiger partial charge in [-0.2, -0.15) is 0 Å². The summed E-state index contributed by atoms with van der Waals surface area (Å²) >= 11 is 1.42. The first-order valence-electron chi connectivity index (χ1n) is 6.55. The maximum absolute atomic E-state index is 11.1. The first-order valence-corrected chi connectivity index (χ1v) is 7.36. The molecule has 0 bridgehead atoms. The molecule has 1 heterocycles. The van der Waals surface area contributed by atoms with E-state index in [1.54, 1.807) is 19.1 Å². The first-order chi connectivity index (χ1) is 10.2. The molecule has 2 rings (SSSR count). The Balaban J connectivity index is 2.40. The number of nitrogens with zero attached hydrogens (tertiary/aromatic N) is 3. The van der Waals surface area contributed by atoms with Crippen LogP contribution in [-0.2, 0) is 6.42 Å². The third-order valence-corrected chi connectivity index (χ3v) is 3.78. The van der Waals surface area contributed by atoms with Crippen molar-refractivity contribution in [2.45, 2.75) is 13.3 Å². The number of nitro benzene ring substituents is 1. The Labute approximate surface area is 126 Å². The van der Waals surface area contributed by atoms with Crippen LogP contribution in [0.3, 0.4) is 0 Å². The zero-order chi connectivity index (χ0) is 15.2. The van der Waals surface area contributed by atoms with E-state index in [1.165, 1.54) is 17.4 Å². The van der Waals surface area contributed by atoms with Gasteiger partial charge in [-0.3, -0.25) is 10.1 Å². The van der Waals surface area contributed by atoms with Gasteiger partial charge in [0.25, 0.3) is 0 Å². The summed E-state index contributed by atoms with van der Waals surface area (Å²) in [5, 5.41) is 23.9. The average Bonchev–Trinajstić information content (AvgIpc) is 2.94. The summed E-state index contributed by atoms with van der Waals surface area (Å²) in [6, 6.07) is 4.82. The van der Waals surface area contributed by atoms with Crippen LogP contribution in [0.2, 0.25) is 0 Å². The highest BCUT2D eigenvalue weighted by Crippen LogP contribution is 2.38. The predicted molar refractivity (Wildman–Crippen MR) is 80.8 cm³/mol. The molecule has 2 aromatic rings. The molecule has 1 N–H and O–H groups in total. The van der Waals surface area contributed by atoms with E-state index in [-0.39, 0.29) is 11.4 Å². The normalized spacial score (nSPS) is 10.6. The lowest BCUT2D eigenvalue weighted by molar-refractivity contribution is -0.385. The van der Waals surface area contributed by atoms with Crippen LogP contribution in [0.25, 0.3) is 10.6 Å². The molecule has 0 aliphatic heterocycles. The number of benzene rings is 1. The number of rotatable bonds is 7. The highest BCUT2D eigenvalue weighted by molar-refractivity contribution is 7.14. The van der Waals surface area contributed by atoms with Gasteiger partial charge in [0.2, 0.25) is 5.75 Å². The third kappa shape index (κ3) is 3.53. The third-order valence-electron chi connectivity index (χ3n) is 2.77. The van der Waals surface area contributed by atoms with E-state index >= 15 is 0 Å². The van der Waals surface area contributed by atoms with E-state index in [1.807, 2.05) is 7.05 Å². The van der Waals surface area contributed by atoms with E-state index in [4.69, 9.17) is 4.74 Å². The fraction of sp³-hybridized carbons (Fsp3) is 0.385. The lowest BCUT2D eigenvalue weighted by Crippen LogP contribution is -2.09.